The first-order chi connectivity index (χ1) is 12.8. The van der Waals surface area contributed by atoms with Crippen molar-refractivity contribution in [3.05, 3.63) is 41.3 Å². The van der Waals surface area contributed by atoms with Crippen LogP contribution in [0, 0.1) is 12.8 Å². The molecule has 1 unspecified atom stereocenters. The van der Waals surface area contributed by atoms with Gasteiger partial charge in [0, 0.05) is 37.9 Å². The van der Waals surface area contributed by atoms with Crippen LogP contribution in [0.2, 0.25) is 0 Å². The zero-order valence-corrected chi connectivity index (χ0v) is 15.2. The molecule has 0 bridgehead atoms. The fourth-order valence-corrected chi connectivity index (χ4v) is 3.13. The highest BCUT2D eigenvalue weighted by Crippen LogP contribution is 2.35. The lowest BCUT2D eigenvalue weighted by Crippen LogP contribution is -2.41. The average molecular weight is 382 g/mol. The number of carbonyl (C=O) groups is 1. The van der Waals surface area contributed by atoms with E-state index in [2.05, 4.69) is 10.1 Å². The molecule has 1 amide bonds. The van der Waals surface area contributed by atoms with Gasteiger partial charge in [0.05, 0.1) is 6.61 Å². The molecule has 6 nitrogen and oxygen atoms in total. The number of alkyl halides is 3. The summed E-state index contributed by atoms with van der Waals surface area (Å²) in [6.45, 7) is 2.96. The van der Waals surface area contributed by atoms with Crippen LogP contribution in [-0.2, 0) is 13.2 Å². The molecular formula is C18H21F3N4O2. The van der Waals surface area contributed by atoms with Crippen LogP contribution in [0.4, 0.5) is 13.2 Å². The Morgan fingerprint density at radius 3 is 2.85 bits per heavy atom. The molecule has 0 N–H and O–H groups in total. The van der Waals surface area contributed by atoms with Crippen molar-refractivity contribution in [3.63, 3.8) is 0 Å². The smallest absolute Gasteiger partial charge is 0.421 e. The van der Waals surface area contributed by atoms with Crippen LogP contribution in [0.1, 0.15) is 34.6 Å². The van der Waals surface area contributed by atoms with Crippen LogP contribution in [0.3, 0.4) is 0 Å². The average Bonchev–Trinajstić information content (AvgIpc) is 2.98. The minimum absolute atomic E-state index is 0.0596. The summed E-state index contributed by atoms with van der Waals surface area (Å²) >= 11 is 0. The van der Waals surface area contributed by atoms with E-state index in [1.54, 1.807) is 22.7 Å². The fourth-order valence-electron chi connectivity index (χ4n) is 3.13. The lowest BCUT2D eigenvalue weighted by Gasteiger charge is -2.32. The molecule has 2 aromatic heterocycles. The molecule has 0 spiro atoms. The predicted molar refractivity (Wildman–Crippen MR) is 91.3 cm³/mol. The molecule has 3 rings (SSSR count). The van der Waals surface area contributed by atoms with E-state index in [9.17, 15) is 18.0 Å². The summed E-state index contributed by atoms with van der Waals surface area (Å²) in [4.78, 5) is 18.0. The Morgan fingerprint density at radius 2 is 2.19 bits per heavy atom. The highest BCUT2D eigenvalue weighted by atomic mass is 19.4. The number of likely N-dealkylation sites (tertiary alicyclic amines) is 1. The molecule has 27 heavy (non-hydrogen) atoms. The number of aryl methyl sites for hydroxylation is 2. The number of piperidine rings is 1. The van der Waals surface area contributed by atoms with E-state index in [1.807, 2.05) is 6.92 Å². The Balaban J connectivity index is 1.63. The zero-order valence-electron chi connectivity index (χ0n) is 15.2. The SMILES string of the molecule is Cc1cc(C(=O)N2CCCC(COc3ncccc3C(F)(F)F)C2)nn1C. The number of hydrogen-bond acceptors (Lipinski definition) is 4. The summed E-state index contributed by atoms with van der Waals surface area (Å²) in [7, 11) is 1.77. The summed E-state index contributed by atoms with van der Waals surface area (Å²) < 4.78 is 46.1. The van der Waals surface area contributed by atoms with Gasteiger partial charge in [-0.2, -0.15) is 18.3 Å². The topological polar surface area (TPSA) is 60.3 Å². The van der Waals surface area contributed by atoms with Gasteiger partial charge >= 0.3 is 6.18 Å². The number of aromatic nitrogens is 3. The summed E-state index contributed by atoms with van der Waals surface area (Å²) in [5.74, 6) is -0.651. The van der Waals surface area contributed by atoms with Crippen molar-refractivity contribution in [2.45, 2.75) is 25.9 Å². The maximum Gasteiger partial charge on any atom is 0.421 e. The molecule has 1 fully saturated rings. The first-order valence-electron chi connectivity index (χ1n) is 8.70. The number of carbonyl (C=O) groups excluding carboxylic acids is 1. The largest absolute Gasteiger partial charge is 0.477 e. The van der Waals surface area contributed by atoms with Crippen LogP contribution in [0.5, 0.6) is 5.88 Å². The van der Waals surface area contributed by atoms with Crippen LogP contribution in [-0.4, -0.2) is 45.3 Å². The number of hydrogen-bond donors (Lipinski definition) is 0. The number of nitrogens with zero attached hydrogens (tertiary/aromatic N) is 4. The Morgan fingerprint density at radius 1 is 1.41 bits per heavy atom. The van der Waals surface area contributed by atoms with E-state index >= 15 is 0 Å². The summed E-state index contributed by atoms with van der Waals surface area (Å²) in [5.41, 5.74) is 0.364. The quantitative estimate of drug-likeness (QED) is 0.816. The third-order valence-electron chi connectivity index (χ3n) is 4.67. The molecule has 9 heteroatoms. The van der Waals surface area contributed by atoms with E-state index in [-0.39, 0.29) is 18.4 Å². The van der Waals surface area contributed by atoms with Crippen molar-refractivity contribution >= 4 is 5.91 Å². The van der Waals surface area contributed by atoms with Gasteiger partial charge < -0.3 is 9.64 Å². The lowest BCUT2D eigenvalue weighted by molar-refractivity contribution is -0.139. The monoisotopic (exact) mass is 382 g/mol. The predicted octanol–water partition coefficient (Wildman–Crippen LogP) is 3.07. The van der Waals surface area contributed by atoms with Gasteiger partial charge in [-0.05, 0) is 38.0 Å². The first-order valence-corrected chi connectivity index (χ1v) is 8.70. The molecule has 1 aliphatic heterocycles. The van der Waals surface area contributed by atoms with Gasteiger partial charge in [-0.1, -0.05) is 0 Å². The van der Waals surface area contributed by atoms with Gasteiger partial charge in [-0.3, -0.25) is 9.48 Å². The van der Waals surface area contributed by atoms with Gasteiger partial charge in [-0.25, -0.2) is 4.98 Å². The number of pyridine rings is 1. The third-order valence-corrected chi connectivity index (χ3v) is 4.67. The molecule has 2 aromatic rings. The Hall–Kier alpha value is -2.58. The van der Waals surface area contributed by atoms with Crippen molar-refractivity contribution in [2.75, 3.05) is 19.7 Å². The maximum absolute atomic E-state index is 13.0. The molecule has 1 aliphatic rings. The number of amides is 1. The molecule has 0 aliphatic carbocycles. The molecule has 146 valence electrons. The van der Waals surface area contributed by atoms with Crippen LogP contribution < -0.4 is 4.74 Å². The van der Waals surface area contributed by atoms with Crippen molar-refractivity contribution in [1.29, 1.82) is 0 Å². The Kier molecular flexibility index (Phi) is 5.38. The normalized spacial score (nSPS) is 17.8. The second-order valence-electron chi connectivity index (χ2n) is 6.72. The van der Waals surface area contributed by atoms with Crippen molar-refractivity contribution < 1.29 is 22.7 Å². The molecule has 0 aromatic carbocycles. The number of halogens is 3. The number of rotatable bonds is 4. The minimum Gasteiger partial charge on any atom is -0.477 e. The van der Waals surface area contributed by atoms with E-state index in [1.165, 1.54) is 12.3 Å². The molecule has 3 heterocycles. The van der Waals surface area contributed by atoms with Gasteiger partial charge in [-0.15, -0.1) is 0 Å². The lowest BCUT2D eigenvalue weighted by atomic mass is 9.98. The van der Waals surface area contributed by atoms with E-state index in [0.717, 1.165) is 24.6 Å². The van der Waals surface area contributed by atoms with Crippen molar-refractivity contribution in [1.82, 2.24) is 19.7 Å². The summed E-state index contributed by atoms with van der Waals surface area (Å²) in [5, 5.41) is 4.20. The van der Waals surface area contributed by atoms with Crippen molar-refractivity contribution in [3.8, 4) is 5.88 Å². The van der Waals surface area contributed by atoms with E-state index < -0.39 is 17.6 Å². The minimum atomic E-state index is -4.52. The second-order valence-corrected chi connectivity index (χ2v) is 6.72. The highest BCUT2D eigenvalue weighted by Gasteiger charge is 2.35. The highest BCUT2D eigenvalue weighted by molar-refractivity contribution is 5.92. The number of ether oxygens (including phenoxy) is 1. The first kappa shape index (κ1) is 19.2. The Bertz CT molecular complexity index is 800. The standard InChI is InChI=1S/C18H21F3N4O2/c1-12-9-15(23-24(12)2)17(26)25-8-4-5-13(10-25)11-27-16-14(18(19,20)21)6-3-7-22-16/h3,6-7,9,13H,4-5,8,10-11H2,1-2H3. The van der Waals surface area contributed by atoms with Crippen LogP contribution in [0.25, 0.3) is 0 Å². The molecule has 0 saturated carbocycles. The van der Waals surface area contributed by atoms with Gasteiger partial charge in [0.25, 0.3) is 5.91 Å². The zero-order chi connectivity index (χ0) is 19.6. The van der Waals surface area contributed by atoms with Gasteiger partial charge in [0.1, 0.15) is 5.56 Å². The van der Waals surface area contributed by atoms with E-state index in [4.69, 9.17) is 4.74 Å². The van der Waals surface area contributed by atoms with Crippen molar-refractivity contribution in [2.24, 2.45) is 13.0 Å². The second kappa shape index (κ2) is 7.58. The molecular weight excluding hydrogens is 361 g/mol. The molecule has 1 saturated heterocycles. The van der Waals surface area contributed by atoms with Crippen LogP contribution >= 0.6 is 0 Å². The summed E-state index contributed by atoms with van der Waals surface area (Å²) in [6, 6.07) is 3.90. The van der Waals surface area contributed by atoms with E-state index in [0.29, 0.717) is 18.8 Å². The van der Waals surface area contributed by atoms with Gasteiger partial charge in [0.2, 0.25) is 5.88 Å². The fraction of sp³-hybridized carbons (Fsp3) is 0.500. The maximum atomic E-state index is 13.0. The molecule has 1 atom stereocenters. The summed E-state index contributed by atoms with van der Waals surface area (Å²) in [6.07, 6.45) is -1.71. The van der Waals surface area contributed by atoms with Gasteiger partial charge in [0.15, 0.2) is 5.69 Å². The Labute approximate surface area is 154 Å². The van der Waals surface area contributed by atoms with Crippen LogP contribution in [0.15, 0.2) is 24.4 Å². The third kappa shape index (κ3) is 4.40. The molecule has 0 radical (unpaired) electrons.